The second-order valence-electron chi connectivity index (χ2n) is 5.01. The molecule has 3 nitrogen and oxygen atoms in total. The molecule has 2 rings (SSSR count). The normalized spacial score (nSPS) is 12.6. The Morgan fingerprint density at radius 3 is 2.90 bits per heavy atom. The Balaban J connectivity index is 2.27. The fraction of sp³-hybridized carbons (Fsp3) is 0.438. The maximum atomic E-state index is 6.18. The molecule has 0 aliphatic heterocycles. The van der Waals surface area contributed by atoms with E-state index in [1.165, 1.54) is 9.13 Å². The minimum absolute atomic E-state index is 0.239. The van der Waals surface area contributed by atoms with Crippen LogP contribution < -0.4 is 5.32 Å². The van der Waals surface area contributed by atoms with Gasteiger partial charge in [-0.25, -0.2) is 4.98 Å². The Hall–Kier alpha value is -0.590. The van der Waals surface area contributed by atoms with Crippen LogP contribution in [0.1, 0.15) is 37.7 Å². The first-order valence-corrected chi connectivity index (χ1v) is 8.79. The summed E-state index contributed by atoms with van der Waals surface area (Å²) in [7, 11) is 0. The van der Waals surface area contributed by atoms with Crippen molar-refractivity contribution >= 4 is 34.2 Å². The molecule has 5 heteroatoms. The number of aromatic nitrogens is 2. The number of imidazole rings is 1. The second kappa shape index (κ2) is 8.15. The van der Waals surface area contributed by atoms with E-state index in [9.17, 15) is 0 Å². The van der Waals surface area contributed by atoms with Gasteiger partial charge in [0.1, 0.15) is 5.82 Å². The molecule has 21 heavy (non-hydrogen) atoms. The molecule has 114 valence electrons. The summed E-state index contributed by atoms with van der Waals surface area (Å²) in [6, 6.07) is 6.32. The molecule has 1 aromatic heterocycles. The van der Waals surface area contributed by atoms with Crippen LogP contribution >= 0.6 is 34.2 Å². The van der Waals surface area contributed by atoms with Gasteiger partial charge in [0.15, 0.2) is 0 Å². The Morgan fingerprint density at radius 1 is 1.38 bits per heavy atom. The van der Waals surface area contributed by atoms with E-state index < -0.39 is 0 Å². The van der Waals surface area contributed by atoms with Crippen molar-refractivity contribution in [2.45, 2.75) is 39.3 Å². The molecular weight excluding hydrogens is 397 g/mol. The predicted molar refractivity (Wildman–Crippen MR) is 96.8 cm³/mol. The molecule has 1 unspecified atom stereocenters. The van der Waals surface area contributed by atoms with Crippen LogP contribution in [0.2, 0.25) is 5.02 Å². The predicted octanol–water partition coefficient (Wildman–Crippen LogP) is 4.44. The van der Waals surface area contributed by atoms with Gasteiger partial charge in [-0.2, -0.15) is 0 Å². The van der Waals surface area contributed by atoms with Crippen LogP contribution in [0, 0.1) is 3.57 Å². The summed E-state index contributed by atoms with van der Waals surface area (Å²) < 4.78 is 3.43. The van der Waals surface area contributed by atoms with E-state index in [2.05, 4.69) is 63.4 Å². The first-order chi connectivity index (χ1) is 10.2. The van der Waals surface area contributed by atoms with E-state index in [4.69, 9.17) is 11.6 Å². The second-order valence-corrected chi connectivity index (χ2v) is 6.60. The maximum absolute atomic E-state index is 6.18. The summed E-state index contributed by atoms with van der Waals surface area (Å²) in [6.07, 6.45) is 5.89. The van der Waals surface area contributed by atoms with Gasteiger partial charge in [0.05, 0.1) is 0 Å². The van der Waals surface area contributed by atoms with Crippen molar-refractivity contribution in [3.63, 3.8) is 0 Å². The highest BCUT2D eigenvalue weighted by Gasteiger charge is 2.17. The average Bonchev–Trinajstić information content (AvgIpc) is 2.93. The van der Waals surface area contributed by atoms with Gasteiger partial charge in [-0.05, 0) is 66.2 Å². The molecule has 0 bridgehead atoms. The van der Waals surface area contributed by atoms with E-state index in [0.29, 0.717) is 0 Å². The van der Waals surface area contributed by atoms with Crippen LogP contribution in [0.4, 0.5) is 0 Å². The lowest BCUT2D eigenvalue weighted by molar-refractivity contribution is 0.505. The lowest BCUT2D eigenvalue weighted by Gasteiger charge is -2.21. The van der Waals surface area contributed by atoms with E-state index in [1.54, 1.807) is 0 Å². The molecule has 2 aromatic rings. The summed E-state index contributed by atoms with van der Waals surface area (Å²) in [5.74, 6) is 1.11. The van der Waals surface area contributed by atoms with E-state index in [-0.39, 0.29) is 6.04 Å². The molecular formula is C16H21ClIN3. The number of rotatable bonds is 7. The molecule has 0 aliphatic carbocycles. The first-order valence-electron chi connectivity index (χ1n) is 7.34. The minimum atomic E-state index is 0.239. The highest BCUT2D eigenvalue weighted by Crippen LogP contribution is 2.26. The third kappa shape index (κ3) is 4.44. The number of hydrogen-bond donors (Lipinski definition) is 1. The number of nitrogens with one attached hydrogen (secondary N) is 1. The molecule has 0 fully saturated rings. The zero-order valence-electron chi connectivity index (χ0n) is 12.4. The molecule has 1 heterocycles. The van der Waals surface area contributed by atoms with Gasteiger partial charge in [0.2, 0.25) is 0 Å². The van der Waals surface area contributed by atoms with Crippen molar-refractivity contribution in [2.75, 3.05) is 6.54 Å². The van der Waals surface area contributed by atoms with Crippen molar-refractivity contribution in [1.82, 2.24) is 14.9 Å². The van der Waals surface area contributed by atoms with Gasteiger partial charge in [-0.1, -0.05) is 18.5 Å². The first kappa shape index (κ1) is 16.8. The zero-order chi connectivity index (χ0) is 15.2. The van der Waals surface area contributed by atoms with Gasteiger partial charge in [0.25, 0.3) is 0 Å². The highest BCUT2D eigenvalue weighted by atomic mass is 127. The molecule has 0 amide bonds. The molecule has 1 atom stereocenters. The van der Waals surface area contributed by atoms with E-state index in [1.807, 2.05) is 18.5 Å². The number of benzene rings is 1. The van der Waals surface area contributed by atoms with Gasteiger partial charge < -0.3 is 9.88 Å². The van der Waals surface area contributed by atoms with Gasteiger partial charge in [-0.15, -0.1) is 0 Å². The molecule has 0 radical (unpaired) electrons. The quantitative estimate of drug-likeness (QED) is 0.675. The lowest BCUT2D eigenvalue weighted by Crippen LogP contribution is -2.26. The van der Waals surface area contributed by atoms with Crippen molar-refractivity contribution in [1.29, 1.82) is 0 Å². The third-order valence-corrected chi connectivity index (χ3v) is 4.72. The third-order valence-electron chi connectivity index (χ3n) is 3.50. The Bertz CT molecular complexity index is 583. The van der Waals surface area contributed by atoms with E-state index in [0.717, 1.165) is 36.8 Å². The monoisotopic (exact) mass is 417 g/mol. The maximum Gasteiger partial charge on any atom is 0.110 e. The fourth-order valence-electron chi connectivity index (χ4n) is 2.39. The Kier molecular flexibility index (Phi) is 6.51. The summed E-state index contributed by atoms with van der Waals surface area (Å²) >= 11 is 8.56. The number of halogens is 2. The molecule has 1 N–H and O–H groups in total. The van der Waals surface area contributed by atoms with Crippen LogP contribution in [-0.2, 0) is 13.0 Å². The number of nitrogens with zero attached hydrogens (tertiary/aromatic N) is 2. The van der Waals surface area contributed by atoms with Gasteiger partial charge in [0, 0.05) is 40.0 Å². The minimum Gasteiger partial charge on any atom is -0.335 e. The Labute approximate surface area is 145 Å². The van der Waals surface area contributed by atoms with Crippen molar-refractivity contribution < 1.29 is 0 Å². The summed E-state index contributed by atoms with van der Waals surface area (Å²) in [5.41, 5.74) is 1.25. The largest absolute Gasteiger partial charge is 0.335 e. The summed E-state index contributed by atoms with van der Waals surface area (Å²) in [5, 5.41) is 4.41. The molecule has 0 saturated carbocycles. The summed E-state index contributed by atoms with van der Waals surface area (Å²) in [4.78, 5) is 4.50. The van der Waals surface area contributed by atoms with Crippen molar-refractivity contribution in [3.8, 4) is 0 Å². The van der Waals surface area contributed by atoms with Crippen LogP contribution in [0.5, 0.6) is 0 Å². The zero-order valence-corrected chi connectivity index (χ0v) is 15.4. The summed E-state index contributed by atoms with van der Waals surface area (Å²) in [6.45, 7) is 6.26. The van der Waals surface area contributed by atoms with Crippen LogP contribution in [0.15, 0.2) is 30.6 Å². The molecule has 0 saturated heterocycles. The standard InChI is InChI=1S/C16H21ClIN3/c1-3-7-19-15(11-16-20-8-9-21(16)4-2)13-10-12(17)5-6-14(13)18/h5-6,8-10,15,19H,3-4,7,11H2,1-2H3. The molecule has 1 aromatic carbocycles. The highest BCUT2D eigenvalue weighted by molar-refractivity contribution is 14.1. The average molecular weight is 418 g/mol. The van der Waals surface area contributed by atoms with Crippen LogP contribution in [0.25, 0.3) is 0 Å². The molecule has 0 spiro atoms. The SMILES string of the molecule is CCCNC(Cc1nccn1CC)c1cc(Cl)ccc1I. The van der Waals surface area contributed by atoms with Gasteiger partial charge in [-0.3, -0.25) is 0 Å². The van der Waals surface area contributed by atoms with Crippen LogP contribution in [-0.4, -0.2) is 16.1 Å². The fourth-order valence-corrected chi connectivity index (χ4v) is 3.28. The molecule has 0 aliphatic rings. The number of aryl methyl sites for hydroxylation is 1. The topological polar surface area (TPSA) is 29.9 Å². The smallest absolute Gasteiger partial charge is 0.110 e. The van der Waals surface area contributed by atoms with Crippen molar-refractivity contribution in [2.24, 2.45) is 0 Å². The Morgan fingerprint density at radius 2 is 2.19 bits per heavy atom. The number of hydrogen-bond acceptors (Lipinski definition) is 2. The van der Waals surface area contributed by atoms with Crippen LogP contribution in [0.3, 0.4) is 0 Å². The van der Waals surface area contributed by atoms with E-state index >= 15 is 0 Å². The van der Waals surface area contributed by atoms with Gasteiger partial charge >= 0.3 is 0 Å². The lowest BCUT2D eigenvalue weighted by atomic mass is 10.0. The van der Waals surface area contributed by atoms with Crippen molar-refractivity contribution in [3.05, 3.63) is 50.6 Å².